The number of likely N-dealkylation sites (tertiary alicyclic amines) is 1. The number of hydrogen-bond donors (Lipinski definition) is 2. The SMILES string of the molecule is Cc1nc2c(s1)[C@]1(CNC2)CNC[C@H]1C(=O)N1CCC(c2ccccc2F)C[C@H]1C1CCC(F)(F)CC1.[Cl-].[Cl-]. The Kier molecular flexibility index (Phi) is 9.28. The summed E-state index contributed by atoms with van der Waals surface area (Å²) in [5, 5.41) is 8.01. The fourth-order valence-corrected chi connectivity index (χ4v) is 8.60. The molecular formula is C28H35Cl2F3N4OS-2. The van der Waals surface area contributed by atoms with Gasteiger partial charge in [0.2, 0.25) is 11.8 Å². The van der Waals surface area contributed by atoms with Gasteiger partial charge in [-0.25, -0.2) is 18.2 Å². The first kappa shape index (κ1) is 30.6. The summed E-state index contributed by atoms with van der Waals surface area (Å²) in [5.74, 6) is -2.98. The van der Waals surface area contributed by atoms with Gasteiger partial charge in [-0.2, -0.15) is 0 Å². The van der Waals surface area contributed by atoms with Crippen LogP contribution >= 0.6 is 11.3 Å². The fourth-order valence-electron chi connectivity index (χ4n) is 7.42. The molecule has 39 heavy (non-hydrogen) atoms. The van der Waals surface area contributed by atoms with Crippen LogP contribution in [-0.2, 0) is 16.8 Å². The maximum atomic E-state index is 14.7. The highest BCUT2D eigenvalue weighted by atomic mass is 35.5. The Hall–Kier alpha value is -1.39. The molecule has 4 aliphatic rings. The average molecular weight is 604 g/mol. The zero-order chi connectivity index (χ0) is 25.8. The van der Waals surface area contributed by atoms with Crippen molar-refractivity contribution in [2.24, 2.45) is 11.8 Å². The highest BCUT2D eigenvalue weighted by Crippen LogP contribution is 2.47. The molecule has 0 radical (unpaired) electrons. The van der Waals surface area contributed by atoms with Crippen LogP contribution in [0.4, 0.5) is 13.2 Å². The molecule has 1 saturated carbocycles. The van der Waals surface area contributed by atoms with Crippen molar-refractivity contribution in [3.63, 3.8) is 0 Å². The minimum atomic E-state index is -2.63. The fraction of sp³-hybridized carbons (Fsp3) is 0.643. The van der Waals surface area contributed by atoms with Crippen LogP contribution in [0.2, 0.25) is 0 Å². The van der Waals surface area contributed by atoms with E-state index in [4.69, 9.17) is 4.98 Å². The molecule has 0 bridgehead atoms. The maximum absolute atomic E-state index is 14.7. The Morgan fingerprint density at radius 2 is 1.82 bits per heavy atom. The number of aryl methyl sites for hydroxylation is 1. The van der Waals surface area contributed by atoms with E-state index in [0.717, 1.165) is 30.3 Å². The molecule has 1 spiro atoms. The first-order valence-electron chi connectivity index (χ1n) is 13.6. The largest absolute Gasteiger partial charge is 1.00 e. The van der Waals surface area contributed by atoms with E-state index < -0.39 is 5.92 Å². The molecule has 1 aromatic carbocycles. The van der Waals surface area contributed by atoms with Crippen LogP contribution in [0, 0.1) is 24.6 Å². The minimum Gasteiger partial charge on any atom is -1.00 e. The molecule has 3 fully saturated rings. The highest BCUT2D eigenvalue weighted by molar-refractivity contribution is 7.11. The third-order valence-electron chi connectivity index (χ3n) is 9.32. The second-order valence-electron chi connectivity index (χ2n) is 11.5. The summed E-state index contributed by atoms with van der Waals surface area (Å²) >= 11 is 1.70. The van der Waals surface area contributed by atoms with Crippen molar-refractivity contribution in [2.75, 3.05) is 26.2 Å². The van der Waals surface area contributed by atoms with Gasteiger partial charge in [-0.15, -0.1) is 11.3 Å². The number of piperidine rings is 1. The predicted molar refractivity (Wildman–Crippen MR) is 137 cm³/mol. The van der Waals surface area contributed by atoms with Crippen molar-refractivity contribution in [3.8, 4) is 0 Å². The quantitative estimate of drug-likeness (QED) is 0.462. The van der Waals surface area contributed by atoms with Crippen molar-refractivity contribution < 1.29 is 42.8 Å². The number of fused-ring (bicyclic) bond motifs is 2. The van der Waals surface area contributed by atoms with Gasteiger partial charge in [0.1, 0.15) is 5.82 Å². The van der Waals surface area contributed by atoms with E-state index in [1.165, 1.54) is 10.9 Å². The lowest BCUT2D eigenvalue weighted by Crippen LogP contribution is -3.00. The Balaban J connectivity index is 0.00000176. The van der Waals surface area contributed by atoms with E-state index in [2.05, 4.69) is 10.6 Å². The predicted octanol–water partition coefficient (Wildman–Crippen LogP) is -1.24. The van der Waals surface area contributed by atoms with Crippen LogP contribution in [0.25, 0.3) is 0 Å². The number of nitrogens with zero attached hydrogens (tertiary/aromatic N) is 2. The number of amides is 1. The zero-order valence-corrected chi connectivity index (χ0v) is 24.3. The molecular weight excluding hydrogens is 568 g/mol. The van der Waals surface area contributed by atoms with Gasteiger partial charge in [0, 0.05) is 61.9 Å². The molecule has 2 saturated heterocycles. The Bertz CT molecular complexity index is 1170. The molecule has 3 aliphatic heterocycles. The number of carbonyl (C=O) groups excluding carboxylic acids is 1. The van der Waals surface area contributed by atoms with E-state index in [9.17, 15) is 18.0 Å². The lowest BCUT2D eigenvalue weighted by atomic mass is 9.71. The number of thiazole rings is 1. The highest BCUT2D eigenvalue weighted by Gasteiger charge is 2.54. The summed E-state index contributed by atoms with van der Waals surface area (Å²) in [4.78, 5) is 22.3. The standard InChI is InChI=1S/C28H35F3N4OS.2ClH/c1-17-34-23-14-33-16-27(25(23)37-17)15-32-13-21(27)26(36)35-11-8-19(20-4-2-3-5-22(20)29)12-24(35)18-6-9-28(30,31)10-7-18;;/h2-5,18-19,21,24,32-33H,6-16H2,1H3;2*1H/p-2/t19?,21-,24-,27-;;/m0../s1. The summed E-state index contributed by atoms with van der Waals surface area (Å²) < 4.78 is 42.9. The Morgan fingerprint density at radius 3 is 2.56 bits per heavy atom. The number of rotatable bonds is 3. The monoisotopic (exact) mass is 602 g/mol. The van der Waals surface area contributed by atoms with Gasteiger partial charge < -0.3 is 40.3 Å². The Morgan fingerprint density at radius 1 is 1.10 bits per heavy atom. The summed E-state index contributed by atoms with van der Waals surface area (Å²) in [7, 11) is 0. The second-order valence-corrected chi connectivity index (χ2v) is 12.7. The van der Waals surface area contributed by atoms with Gasteiger partial charge in [0.25, 0.3) is 0 Å². The van der Waals surface area contributed by atoms with Gasteiger partial charge in [0.15, 0.2) is 0 Å². The van der Waals surface area contributed by atoms with Gasteiger partial charge in [-0.05, 0) is 56.1 Å². The molecule has 5 nitrogen and oxygen atoms in total. The number of nitrogens with one attached hydrogen (secondary N) is 2. The molecule has 11 heteroatoms. The zero-order valence-electron chi connectivity index (χ0n) is 22.0. The molecule has 2 aromatic rings. The average Bonchev–Trinajstić information content (AvgIpc) is 3.48. The first-order valence-corrected chi connectivity index (χ1v) is 14.4. The van der Waals surface area contributed by atoms with Crippen LogP contribution in [0.5, 0.6) is 0 Å². The smallest absolute Gasteiger partial charge is 0.248 e. The topological polar surface area (TPSA) is 57.3 Å². The number of aromatic nitrogens is 1. The Labute approximate surface area is 244 Å². The molecule has 1 amide bonds. The molecule has 4 heterocycles. The van der Waals surface area contributed by atoms with E-state index in [1.54, 1.807) is 17.4 Å². The number of benzene rings is 1. The van der Waals surface area contributed by atoms with E-state index >= 15 is 0 Å². The molecule has 6 rings (SSSR count). The molecule has 4 atom stereocenters. The first-order chi connectivity index (χ1) is 17.8. The van der Waals surface area contributed by atoms with E-state index in [-0.39, 0.29) is 78.6 Å². The summed E-state index contributed by atoms with van der Waals surface area (Å²) in [6, 6.07) is 6.71. The minimum absolute atomic E-state index is 0. The molecule has 1 aliphatic carbocycles. The van der Waals surface area contributed by atoms with Crippen LogP contribution in [0.3, 0.4) is 0 Å². The van der Waals surface area contributed by atoms with Crippen LogP contribution in [0.1, 0.15) is 65.6 Å². The third kappa shape index (κ3) is 5.59. The van der Waals surface area contributed by atoms with Gasteiger partial charge in [0.05, 0.1) is 16.6 Å². The maximum Gasteiger partial charge on any atom is 0.248 e. The van der Waals surface area contributed by atoms with Crippen molar-refractivity contribution in [1.82, 2.24) is 20.5 Å². The van der Waals surface area contributed by atoms with Crippen molar-refractivity contribution >= 4 is 17.2 Å². The molecule has 1 aromatic heterocycles. The second kappa shape index (κ2) is 11.8. The van der Waals surface area contributed by atoms with Crippen LogP contribution < -0.4 is 35.4 Å². The third-order valence-corrected chi connectivity index (χ3v) is 10.6. The van der Waals surface area contributed by atoms with Crippen LogP contribution in [-0.4, -0.2) is 53.9 Å². The lowest BCUT2D eigenvalue weighted by molar-refractivity contribution is -0.143. The molecule has 216 valence electrons. The summed E-state index contributed by atoms with van der Waals surface area (Å²) in [5.41, 5.74) is 1.38. The molecule has 2 N–H and O–H groups in total. The number of carbonyl (C=O) groups is 1. The number of hydrogen-bond acceptors (Lipinski definition) is 5. The van der Waals surface area contributed by atoms with E-state index in [0.29, 0.717) is 44.3 Å². The number of alkyl halides is 2. The van der Waals surface area contributed by atoms with Crippen molar-refractivity contribution in [3.05, 3.63) is 51.2 Å². The van der Waals surface area contributed by atoms with Crippen molar-refractivity contribution in [1.29, 1.82) is 0 Å². The van der Waals surface area contributed by atoms with Gasteiger partial charge in [-0.1, -0.05) is 18.2 Å². The van der Waals surface area contributed by atoms with Crippen molar-refractivity contribution in [2.45, 2.75) is 75.3 Å². The van der Waals surface area contributed by atoms with Crippen LogP contribution in [0.15, 0.2) is 24.3 Å². The van der Waals surface area contributed by atoms with Gasteiger partial charge in [-0.3, -0.25) is 4.79 Å². The molecule has 1 unspecified atom stereocenters. The van der Waals surface area contributed by atoms with Gasteiger partial charge >= 0.3 is 0 Å². The van der Waals surface area contributed by atoms with E-state index in [1.807, 2.05) is 24.0 Å². The summed E-state index contributed by atoms with van der Waals surface area (Å²) in [6.45, 7) is 5.30. The lowest BCUT2D eigenvalue weighted by Gasteiger charge is -2.48. The normalized spacial score (nSPS) is 30.4. The number of halogens is 5. The summed E-state index contributed by atoms with van der Waals surface area (Å²) in [6.07, 6.45) is 1.84.